The van der Waals surface area contributed by atoms with E-state index in [-0.39, 0.29) is 23.1 Å². The summed E-state index contributed by atoms with van der Waals surface area (Å²) in [5.74, 6) is -0.707. The van der Waals surface area contributed by atoms with E-state index in [2.05, 4.69) is 0 Å². The van der Waals surface area contributed by atoms with Gasteiger partial charge in [0.1, 0.15) is 11.8 Å². The van der Waals surface area contributed by atoms with Gasteiger partial charge in [0.05, 0.1) is 23.3 Å². The van der Waals surface area contributed by atoms with Crippen LogP contribution in [-0.2, 0) is 24.2 Å². The number of carbonyl (C=O) groups excluding carboxylic acids is 2. The highest BCUT2D eigenvalue weighted by Crippen LogP contribution is 2.55. The summed E-state index contributed by atoms with van der Waals surface area (Å²) in [6, 6.07) is 14.6. The third-order valence-corrected chi connectivity index (χ3v) is 9.32. The Balaban J connectivity index is 1.70. The number of Topliss-reactive ketones (excluding diaryl/α,β-unsaturated/α-hetero) is 1. The van der Waals surface area contributed by atoms with Gasteiger partial charge in [0.25, 0.3) is 0 Å². The van der Waals surface area contributed by atoms with Gasteiger partial charge >= 0.3 is 5.97 Å². The molecule has 5 atom stereocenters. The first-order chi connectivity index (χ1) is 14.9. The lowest BCUT2D eigenvalue weighted by Gasteiger charge is -2.49. The van der Waals surface area contributed by atoms with Crippen LogP contribution in [0.4, 0.5) is 0 Å². The van der Waals surface area contributed by atoms with Crippen LogP contribution in [0.25, 0.3) is 0 Å². The van der Waals surface area contributed by atoms with Crippen LogP contribution in [0, 0.1) is 5.92 Å². The number of esters is 1. The molecule has 0 spiro atoms. The van der Waals surface area contributed by atoms with E-state index in [1.54, 1.807) is 30.3 Å². The average Bonchev–Trinajstić information content (AvgIpc) is 3.14. The molecule has 31 heavy (non-hydrogen) atoms. The van der Waals surface area contributed by atoms with Crippen LogP contribution < -0.4 is 0 Å². The van der Waals surface area contributed by atoms with E-state index >= 15 is 0 Å². The van der Waals surface area contributed by atoms with Crippen molar-refractivity contribution in [3.63, 3.8) is 0 Å². The fourth-order valence-corrected chi connectivity index (χ4v) is 7.83. The van der Waals surface area contributed by atoms with Crippen molar-refractivity contribution in [3.05, 3.63) is 65.7 Å². The summed E-state index contributed by atoms with van der Waals surface area (Å²) in [6.45, 7) is 0. The molecular formula is C24H25NO5S. The standard InChI is InChI=1S/C24H25NO5S/c1-30-24(27)23-17-11-6-5-10-16(17)22-21(31(28,29)15-8-3-2-4-9-15)14-18-19(25(22)23)12-7-13-20(18)26/h2-6,8-11,18-19,21-23H,7,12-14H2,1H3/t18-,19?,21?,22?,23?/m0/s1. The molecule has 5 rings (SSSR count). The van der Waals surface area contributed by atoms with Crippen LogP contribution >= 0.6 is 0 Å². The van der Waals surface area contributed by atoms with Crippen LogP contribution in [0.5, 0.6) is 0 Å². The maximum Gasteiger partial charge on any atom is 0.327 e. The van der Waals surface area contributed by atoms with E-state index < -0.39 is 39.1 Å². The first-order valence-electron chi connectivity index (χ1n) is 10.7. The molecule has 162 valence electrons. The minimum Gasteiger partial charge on any atom is -0.468 e. The number of carbonyl (C=O) groups is 2. The van der Waals surface area contributed by atoms with Gasteiger partial charge in [-0.1, -0.05) is 42.5 Å². The number of methoxy groups -OCH3 is 1. The van der Waals surface area contributed by atoms with Gasteiger partial charge in [0.15, 0.2) is 9.84 Å². The van der Waals surface area contributed by atoms with Crippen LogP contribution in [0.1, 0.15) is 48.9 Å². The average molecular weight is 440 g/mol. The zero-order valence-electron chi connectivity index (χ0n) is 17.3. The lowest BCUT2D eigenvalue weighted by molar-refractivity contribution is -0.153. The summed E-state index contributed by atoms with van der Waals surface area (Å²) in [5, 5.41) is -0.811. The van der Waals surface area contributed by atoms with Gasteiger partial charge in [-0.25, -0.2) is 13.2 Å². The van der Waals surface area contributed by atoms with Crippen molar-refractivity contribution in [2.45, 2.75) is 54.0 Å². The first-order valence-corrected chi connectivity index (χ1v) is 12.3. The molecule has 2 heterocycles. The fraction of sp³-hybridized carbons (Fsp3) is 0.417. The molecule has 7 heteroatoms. The summed E-state index contributed by atoms with van der Waals surface area (Å²) in [4.78, 5) is 28.1. The summed E-state index contributed by atoms with van der Waals surface area (Å²) >= 11 is 0. The van der Waals surface area contributed by atoms with E-state index in [9.17, 15) is 18.0 Å². The number of fused-ring (bicyclic) bond motifs is 5. The molecule has 0 amide bonds. The zero-order valence-corrected chi connectivity index (χ0v) is 18.1. The predicted octanol–water partition coefficient (Wildman–Crippen LogP) is 3.24. The molecule has 2 fully saturated rings. The molecule has 0 N–H and O–H groups in total. The Bertz CT molecular complexity index is 1130. The Labute approximate surface area is 182 Å². The third kappa shape index (κ3) is 3.05. The number of ether oxygens (including phenoxy) is 1. The molecule has 0 bridgehead atoms. The second-order valence-electron chi connectivity index (χ2n) is 8.61. The minimum atomic E-state index is -3.73. The highest BCUT2D eigenvalue weighted by molar-refractivity contribution is 7.92. The SMILES string of the molecule is COC(=O)C1c2ccccc2C2C(S(=O)(=O)c3ccccc3)C[C@@H]3C(=O)CCCC3N12. The molecule has 2 aromatic carbocycles. The monoisotopic (exact) mass is 439 g/mol. The second kappa shape index (κ2) is 7.57. The van der Waals surface area contributed by atoms with Crippen LogP contribution in [0.15, 0.2) is 59.5 Å². The molecule has 6 nitrogen and oxygen atoms in total. The third-order valence-electron chi connectivity index (χ3n) is 7.15. The number of piperidine rings is 1. The molecule has 0 radical (unpaired) electrons. The Hall–Kier alpha value is -2.51. The lowest BCUT2D eigenvalue weighted by atomic mass is 9.75. The maximum atomic E-state index is 13.8. The summed E-state index contributed by atoms with van der Waals surface area (Å²) in [5.41, 5.74) is 1.63. The zero-order chi connectivity index (χ0) is 21.8. The Morgan fingerprint density at radius 2 is 1.71 bits per heavy atom. The predicted molar refractivity (Wildman–Crippen MR) is 114 cm³/mol. The van der Waals surface area contributed by atoms with Gasteiger partial charge in [0, 0.05) is 18.4 Å². The van der Waals surface area contributed by atoms with Gasteiger partial charge in [-0.2, -0.15) is 0 Å². The molecule has 2 aromatic rings. The number of hydrogen-bond acceptors (Lipinski definition) is 6. The van der Waals surface area contributed by atoms with Crippen molar-refractivity contribution in [1.82, 2.24) is 4.90 Å². The summed E-state index contributed by atoms with van der Waals surface area (Å²) in [6.07, 6.45) is 2.27. The smallest absolute Gasteiger partial charge is 0.327 e. The van der Waals surface area contributed by atoms with Gasteiger partial charge in [-0.3, -0.25) is 9.69 Å². The first kappa shape index (κ1) is 20.4. The van der Waals surface area contributed by atoms with Crippen molar-refractivity contribution in [1.29, 1.82) is 0 Å². The van der Waals surface area contributed by atoms with Crippen LogP contribution in [0.2, 0.25) is 0 Å². The molecule has 2 aliphatic heterocycles. The van der Waals surface area contributed by atoms with E-state index in [0.717, 1.165) is 24.0 Å². The van der Waals surface area contributed by atoms with Crippen molar-refractivity contribution in [2.75, 3.05) is 7.11 Å². The van der Waals surface area contributed by atoms with E-state index in [1.165, 1.54) is 7.11 Å². The Morgan fingerprint density at radius 3 is 2.42 bits per heavy atom. The topological polar surface area (TPSA) is 80.8 Å². The normalized spacial score (nSPS) is 30.2. The largest absolute Gasteiger partial charge is 0.468 e. The van der Waals surface area contributed by atoms with Gasteiger partial charge in [-0.05, 0) is 42.5 Å². The molecule has 3 aliphatic rings. The minimum absolute atomic E-state index is 0.0996. The quantitative estimate of drug-likeness (QED) is 0.683. The number of hydrogen-bond donors (Lipinski definition) is 0. The van der Waals surface area contributed by atoms with Crippen molar-refractivity contribution in [3.8, 4) is 0 Å². The Morgan fingerprint density at radius 1 is 1.03 bits per heavy atom. The van der Waals surface area contributed by atoms with Crippen molar-refractivity contribution >= 4 is 21.6 Å². The van der Waals surface area contributed by atoms with Crippen molar-refractivity contribution in [2.24, 2.45) is 5.92 Å². The van der Waals surface area contributed by atoms with Crippen LogP contribution in [-0.4, -0.2) is 43.5 Å². The molecule has 1 saturated carbocycles. The molecule has 1 saturated heterocycles. The van der Waals surface area contributed by atoms with E-state index in [1.807, 2.05) is 29.2 Å². The van der Waals surface area contributed by atoms with Gasteiger partial charge in [0.2, 0.25) is 0 Å². The fourth-order valence-electron chi connectivity index (χ4n) is 5.85. The number of nitrogens with zero attached hydrogens (tertiary/aromatic N) is 1. The van der Waals surface area contributed by atoms with Gasteiger partial charge < -0.3 is 4.74 Å². The molecule has 1 aliphatic carbocycles. The molecular weight excluding hydrogens is 414 g/mol. The Kier molecular flexibility index (Phi) is 4.98. The van der Waals surface area contributed by atoms with E-state index in [0.29, 0.717) is 6.42 Å². The number of sulfone groups is 1. The molecule has 4 unspecified atom stereocenters. The van der Waals surface area contributed by atoms with Gasteiger partial charge in [-0.15, -0.1) is 0 Å². The summed E-state index contributed by atoms with van der Waals surface area (Å²) in [7, 11) is -2.38. The highest BCUT2D eigenvalue weighted by Gasteiger charge is 2.58. The lowest BCUT2D eigenvalue weighted by Crippen LogP contribution is -2.57. The molecule has 0 aromatic heterocycles. The van der Waals surface area contributed by atoms with Crippen molar-refractivity contribution < 1.29 is 22.7 Å². The number of rotatable bonds is 3. The maximum absolute atomic E-state index is 13.8. The van der Waals surface area contributed by atoms with E-state index in [4.69, 9.17) is 4.74 Å². The summed E-state index contributed by atoms with van der Waals surface area (Å²) < 4.78 is 32.8. The number of benzene rings is 2. The van der Waals surface area contributed by atoms with Crippen LogP contribution in [0.3, 0.4) is 0 Å². The number of ketones is 1. The highest BCUT2D eigenvalue weighted by atomic mass is 32.2. The second-order valence-corrected chi connectivity index (χ2v) is 10.8.